The van der Waals surface area contributed by atoms with Crippen LogP contribution in [0.4, 0.5) is 10.2 Å². The Bertz CT molecular complexity index is 1380. The normalized spacial score (nSPS) is 16.0. The fourth-order valence-corrected chi connectivity index (χ4v) is 4.29. The number of piperidine rings is 1. The van der Waals surface area contributed by atoms with Crippen LogP contribution in [0.1, 0.15) is 18.5 Å². The third kappa shape index (κ3) is 4.55. The highest BCUT2D eigenvalue weighted by Gasteiger charge is 2.26. The van der Waals surface area contributed by atoms with Crippen LogP contribution in [0.2, 0.25) is 0 Å². The van der Waals surface area contributed by atoms with Gasteiger partial charge in [-0.15, -0.1) is 0 Å². The van der Waals surface area contributed by atoms with Crippen LogP contribution in [-0.4, -0.2) is 71.3 Å². The number of carbonyl (C=O) groups is 1. The van der Waals surface area contributed by atoms with Gasteiger partial charge in [0.1, 0.15) is 12.3 Å². The number of hydrogen-bond donors (Lipinski definition) is 3. The molecule has 1 aliphatic heterocycles. The lowest BCUT2D eigenvalue weighted by Crippen LogP contribution is -2.46. The molecular weight excluding hydrogens is 453 g/mol. The van der Waals surface area contributed by atoms with Gasteiger partial charge < -0.3 is 20.4 Å². The van der Waals surface area contributed by atoms with Gasteiger partial charge in [0, 0.05) is 37.1 Å². The molecule has 1 atom stereocenters. The molecule has 5 heterocycles. The van der Waals surface area contributed by atoms with Crippen molar-refractivity contribution >= 4 is 17.2 Å². The van der Waals surface area contributed by atoms with Crippen LogP contribution in [0, 0.1) is 5.82 Å². The molecule has 35 heavy (non-hydrogen) atoms. The molecule has 0 radical (unpaired) electrons. The summed E-state index contributed by atoms with van der Waals surface area (Å²) in [4.78, 5) is 26.7. The minimum Gasteiger partial charge on any atom is -0.390 e. The Kier molecular flexibility index (Phi) is 6.34. The number of hydrogen-bond acceptors (Lipinski definition) is 8. The molecular formula is C24H24FN7O3. The number of halogens is 1. The van der Waals surface area contributed by atoms with Crippen molar-refractivity contribution < 1.29 is 19.4 Å². The lowest BCUT2D eigenvalue weighted by molar-refractivity contribution is -0.135. The van der Waals surface area contributed by atoms with E-state index in [0.29, 0.717) is 42.8 Å². The summed E-state index contributed by atoms with van der Waals surface area (Å²) < 4.78 is 17.5. The van der Waals surface area contributed by atoms with E-state index in [1.165, 1.54) is 6.20 Å². The number of nitrogens with one attached hydrogen (secondary N) is 1. The molecule has 0 bridgehead atoms. The maximum Gasteiger partial charge on any atom is 0.248 e. The monoisotopic (exact) mass is 477 g/mol. The smallest absolute Gasteiger partial charge is 0.248 e. The minimum atomic E-state index is -0.647. The van der Waals surface area contributed by atoms with Crippen molar-refractivity contribution in [3.05, 3.63) is 60.4 Å². The predicted octanol–water partition coefficient (Wildman–Crippen LogP) is 1.88. The number of aliphatic hydroxyl groups is 2. The summed E-state index contributed by atoms with van der Waals surface area (Å²) in [5.41, 5.74) is 2.29. The molecule has 0 saturated carbocycles. The SMILES string of the molecule is O=C(CO)N1CCC[C@@H](Nc2nc(-c3cnn4ccccc34)nc(-c3ccnc(CO)c3)c2F)C1. The molecule has 1 fully saturated rings. The van der Waals surface area contributed by atoms with Gasteiger partial charge in [-0.25, -0.2) is 18.9 Å². The van der Waals surface area contributed by atoms with Crippen LogP contribution >= 0.6 is 0 Å². The first kappa shape index (κ1) is 22.8. The molecule has 1 saturated heterocycles. The first-order valence-corrected chi connectivity index (χ1v) is 11.3. The number of aliphatic hydroxyl groups excluding tert-OH is 2. The lowest BCUT2D eigenvalue weighted by Gasteiger charge is -2.33. The molecule has 0 aromatic carbocycles. The van der Waals surface area contributed by atoms with E-state index in [1.54, 1.807) is 33.9 Å². The van der Waals surface area contributed by atoms with Crippen LogP contribution in [0.5, 0.6) is 0 Å². The minimum absolute atomic E-state index is 0.00550. The fraction of sp³-hybridized carbons (Fsp3) is 0.292. The number of nitrogens with zero attached hydrogens (tertiary/aromatic N) is 6. The number of carbonyl (C=O) groups excluding carboxylic acids is 1. The van der Waals surface area contributed by atoms with Gasteiger partial charge in [-0.2, -0.15) is 5.10 Å². The Balaban J connectivity index is 1.59. The van der Waals surface area contributed by atoms with E-state index in [1.807, 2.05) is 18.2 Å². The molecule has 0 aliphatic carbocycles. The molecule has 4 aromatic heterocycles. The van der Waals surface area contributed by atoms with E-state index in [0.717, 1.165) is 5.52 Å². The fourth-order valence-electron chi connectivity index (χ4n) is 4.29. The van der Waals surface area contributed by atoms with E-state index >= 15 is 4.39 Å². The van der Waals surface area contributed by atoms with Gasteiger partial charge in [-0.3, -0.25) is 9.78 Å². The Labute approximate surface area is 200 Å². The third-order valence-corrected chi connectivity index (χ3v) is 6.02. The number of fused-ring (bicyclic) bond motifs is 1. The lowest BCUT2D eigenvalue weighted by atomic mass is 10.1. The summed E-state index contributed by atoms with van der Waals surface area (Å²) in [5.74, 6) is -0.718. The zero-order chi connectivity index (χ0) is 24.4. The van der Waals surface area contributed by atoms with Crippen LogP contribution in [0.3, 0.4) is 0 Å². The summed E-state index contributed by atoms with van der Waals surface area (Å²) in [6.07, 6.45) is 6.35. The van der Waals surface area contributed by atoms with E-state index < -0.39 is 12.4 Å². The Hall–Kier alpha value is -3.96. The molecule has 4 aromatic rings. The van der Waals surface area contributed by atoms with Crippen molar-refractivity contribution in [2.75, 3.05) is 25.0 Å². The van der Waals surface area contributed by atoms with Crippen LogP contribution in [-0.2, 0) is 11.4 Å². The third-order valence-electron chi connectivity index (χ3n) is 6.02. The summed E-state index contributed by atoms with van der Waals surface area (Å²) in [7, 11) is 0. The summed E-state index contributed by atoms with van der Waals surface area (Å²) in [6.45, 7) is 0.0218. The Morgan fingerprint density at radius 1 is 1.23 bits per heavy atom. The Morgan fingerprint density at radius 2 is 2.11 bits per heavy atom. The highest BCUT2D eigenvalue weighted by molar-refractivity contribution is 5.79. The maximum absolute atomic E-state index is 15.8. The van der Waals surface area contributed by atoms with E-state index in [9.17, 15) is 15.0 Å². The zero-order valence-corrected chi connectivity index (χ0v) is 18.8. The topological polar surface area (TPSA) is 129 Å². The number of amides is 1. The van der Waals surface area contributed by atoms with Crippen LogP contribution in [0.15, 0.2) is 48.9 Å². The molecule has 0 unspecified atom stereocenters. The van der Waals surface area contributed by atoms with E-state index in [4.69, 9.17) is 0 Å². The molecule has 1 aliphatic rings. The summed E-state index contributed by atoms with van der Waals surface area (Å²) in [5, 5.41) is 26.2. The Morgan fingerprint density at radius 3 is 2.94 bits per heavy atom. The van der Waals surface area contributed by atoms with E-state index in [-0.39, 0.29) is 35.9 Å². The second kappa shape index (κ2) is 9.72. The molecule has 11 heteroatoms. The maximum atomic E-state index is 15.8. The van der Waals surface area contributed by atoms with Crippen molar-refractivity contribution in [1.29, 1.82) is 0 Å². The quantitative estimate of drug-likeness (QED) is 0.384. The first-order chi connectivity index (χ1) is 17.1. The van der Waals surface area contributed by atoms with Gasteiger partial charge in [0.2, 0.25) is 5.91 Å². The van der Waals surface area contributed by atoms with Crippen molar-refractivity contribution in [3.63, 3.8) is 0 Å². The van der Waals surface area contributed by atoms with Gasteiger partial charge in [0.15, 0.2) is 17.5 Å². The number of anilines is 1. The summed E-state index contributed by atoms with van der Waals surface area (Å²) >= 11 is 0. The summed E-state index contributed by atoms with van der Waals surface area (Å²) in [6, 6.07) is 8.54. The molecule has 3 N–H and O–H groups in total. The molecule has 180 valence electrons. The van der Waals surface area contributed by atoms with Crippen molar-refractivity contribution in [3.8, 4) is 22.6 Å². The van der Waals surface area contributed by atoms with Gasteiger partial charge in [0.05, 0.1) is 29.6 Å². The standard InChI is InChI=1S/C24H24FN7O3/c25-21-22(15-6-7-26-17(10-15)13-33)29-23(18-11-27-32-9-2-1-5-19(18)32)30-24(21)28-16-4-3-8-31(12-16)20(35)14-34/h1-2,5-7,9-11,16,33-34H,3-4,8,12-14H2,(H,28,29,30)/t16-/m1/s1. The van der Waals surface area contributed by atoms with Crippen LogP contribution < -0.4 is 5.32 Å². The predicted molar refractivity (Wildman–Crippen MR) is 126 cm³/mol. The first-order valence-electron chi connectivity index (χ1n) is 11.3. The number of rotatable bonds is 6. The van der Waals surface area contributed by atoms with Gasteiger partial charge >= 0.3 is 0 Å². The number of aromatic nitrogens is 5. The second-order valence-electron chi connectivity index (χ2n) is 8.32. The average molecular weight is 478 g/mol. The molecule has 10 nitrogen and oxygen atoms in total. The van der Waals surface area contributed by atoms with E-state index in [2.05, 4.69) is 25.4 Å². The van der Waals surface area contributed by atoms with Crippen molar-refractivity contribution in [1.82, 2.24) is 29.5 Å². The largest absolute Gasteiger partial charge is 0.390 e. The molecule has 0 spiro atoms. The molecule has 5 rings (SSSR count). The number of likely N-dealkylation sites (tertiary alicyclic amines) is 1. The highest BCUT2D eigenvalue weighted by atomic mass is 19.1. The highest BCUT2D eigenvalue weighted by Crippen LogP contribution is 2.31. The molecule has 1 amide bonds. The van der Waals surface area contributed by atoms with Crippen molar-refractivity contribution in [2.45, 2.75) is 25.5 Å². The van der Waals surface area contributed by atoms with Gasteiger partial charge in [0.25, 0.3) is 0 Å². The van der Waals surface area contributed by atoms with Gasteiger partial charge in [-0.05, 0) is 37.1 Å². The average Bonchev–Trinajstić information content (AvgIpc) is 3.34. The second-order valence-corrected chi connectivity index (χ2v) is 8.32. The van der Waals surface area contributed by atoms with Crippen LogP contribution in [0.25, 0.3) is 28.2 Å². The van der Waals surface area contributed by atoms with Gasteiger partial charge in [-0.1, -0.05) is 6.07 Å². The number of pyridine rings is 2. The zero-order valence-electron chi connectivity index (χ0n) is 18.8. The van der Waals surface area contributed by atoms with Crippen molar-refractivity contribution in [2.24, 2.45) is 0 Å².